The van der Waals surface area contributed by atoms with Crippen LogP contribution in [0.25, 0.3) is 0 Å². The van der Waals surface area contributed by atoms with Crippen molar-refractivity contribution in [2.75, 3.05) is 6.54 Å². The Morgan fingerprint density at radius 3 is 2.86 bits per heavy atom. The molecule has 0 spiro atoms. The standard InChI is InChI=1S/C10H15NO2.Y/c12-10(13)11-8-4-7-9-5-2-1-3-6-9;/h2,5-6,11H,1,3-4,7-8H2,(H,12,13);. The van der Waals surface area contributed by atoms with Crippen molar-refractivity contribution in [1.82, 2.24) is 5.32 Å². The molecule has 0 fully saturated rings. The van der Waals surface area contributed by atoms with Crippen LogP contribution in [-0.4, -0.2) is 17.7 Å². The van der Waals surface area contributed by atoms with Crippen LogP contribution >= 0.6 is 0 Å². The Morgan fingerprint density at radius 2 is 2.29 bits per heavy atom. The van der Waals surface area contributed by atoms with Crippen molar-refractivity contribution in [3.05, 3.63) is 23.8 Å². The number of rotatable bonds is 4. The second-order valence-electron chi connectivity index (χ2n) is 3.09. The average Bonchev–Trinajstić information content (AvgIpc) is 2.14. The molecule has 0 bridgehead atoms. The van der Waals surface area contributed by atoms with Crippen molar-refractivity contribution >= 4 is 6.09 Å². The second kappa shape index (κ2) is 8.19. The molecular weight excluding hydrogens is 255 g/mol. The van der Waals surface area contributed by atoms with E-state index < -0.39 is 6.09 Å². The molecule has 0 aromatic heterocycles. The number of amides is 1. The van der Waals surface area contributed by atoms with Crippen molar-refractivity contribution in [2.24, 2.45) is 0 Å². The van der Waals surface area contributed by atoms with Gasteiger partial charge < -0.3 is 10.4 Å². The topological polar surface area (TPSA) is 49.3 Å². The predicted octanol–water partition coefficient (Wildman–Crippen LogP) is 2.31. The first-order valence-corrected chi connectivity index (χ1v) is 4.61. The molecule has 1 radical (unpaired) electrons. The van der Waals surface area contributed by atoms with Crippen LogP contribution in [0.3, 0.4) is 0 Å². The third kappa shape index (κ3) is 6.33. The van der Waals surface area contributed by atoms with E-state index in [1.54, 1.807) is 0 Å². The van der Waals surface area contributed by atoms with Gasteiger partial charge in [0.25, 0.3) is 0 Å². The van der Waals surface area contributed by atoms with Gasteiger partial charge >= 0.3 is 6.09 Å². The van der Waals surface area contributed by atoms with E-state index in [0.717, 1.165) is 25.7 Å². The predicted molar refractivity (Wildman–Crippen MR) is 51.7 cm³/mol. The zero-order chi connectivity index (χ0) is 9.52. The summed E-state index contributed by atoms with van der Waals surface area (Å²) in [4.78, 5) is 10.1. The fourth-order valence-corrected chi connectivity index (χ4v) is 1.34. The van der Waals surface area contributed by atoms with Crippen molar-refractivity contribution in [3.8, 4) is 0 Å². The number of carboxylic acid groups (broad SMARTS) is 1. The summed E-state index contributed by atoms with van der Waals surface area (Å²) >= 11 is 0. The molecule has 1 amide bonds. The third-order valence-corrected chi connectivity index (χ3v) is 1.99. The van der Waals surface area contributed by atoms with Crippen molar-refractivity contribution in [2.45, 2.75) is 25.7 Å². The van der Waals surface area contributed by atoms with Gasteiger partial charge in [0.15, 0.2) is 0 Å². The number of hydrogen-bond donors (Lipinski definition) is 2. The molecule has 0 aromatic carbocycles. The SMILES string of the molecule is O=C(O)NCCCC1=CCCC=C1.[Y]. The van der Waals surface area contributed by atoms with E-state index >= 15 is 0 Å². The minimum Gasteiger partial charge on any atom is -0.465 e. The average molecular weight is 270 g/mol. The monoisotopic (exact) mass is 270 g/mol. The number of carbonyl (C=O) groups is 1. The van der Waals surface area contributed by atoms with Gasteiger partial charge in [0, 0.05) is 39.3 Å². The van der Waals surface area contributed by atoms with Crippen LogP contribution in [0.2, 0.25) is 0 Å². The minimum atomic E-state index is -0.937. The molecule has 1 aliphatic carbocycles. The Kier molecular flexibility index (Phi) is 8.10. The second-order valence-corrected chi connectivity index (χ2v) is 3.09. The summed E-state index contributed by atoms with van der Waals surface area (Å²) in [6.07, 6.45) is 9.69. The summed E-state index contributed by atoms with van der Waals surface area (Å²) in [5.74, 6) is 0. The van der Waals surface area contributed by atoms with E-state index in [4.69, 9.17) is 5.11 Å². The minimum absolute atomic E-state index is 0. The number of allylic oxidation sites excluding steroid dienone is 4. The van der Waals surface area contributed by atoms with Crippen LogP contribution < -0.4 is 5.32 Å². The fraction of sp³-hybridized carbons (Fsp3) is 0.500. The first-order valence-electron chi connectivity index (χ1n) is 4.61. The van der Waals surface area contributed by atoms with Gasteiger partial charge in [-0.2, -0.15) is 0 Å². The van der Waals surface area contributed by atoms with E-state index in [2.05, 4.69) is 23.5 Å². The van der Waals surface area contributed by atoms with E-state index in [1.165, 1.54) is 5.57 Å². The molecule has 3 nitrogen and oxygen atoms in total. The zero-order valence-electron chi connectivity index (χ0n) is 8.20. The molecule has 0 atom stereocenters. The first kappa shape index (κ1) is 13.9. The van der Waals surface area contributed by atoms with Gasteiger partial charge in [-0.1, -0.05) is 23.8 Å². The molecule has 75 valence electrons. The molecule has 0 saturated carbocycles. The Bertz CT molecular complexity index is 236. The summed E-state index contributed by atoms with van der Waals surface area (Å²) in [6, 6.07) is 0. The van der Waals surface area contributed by atoms with Gasteiger partial charge in [0.05, 0.1) is 0 Å². The molecule has 1 aliphatic rings. The van der Waals surface area contributed by atoms with Crippen LogP contribution in [0, 0.1) is 0 Å². The molecule has 0 aliphatic heterocycles. The van der Waals surface area contributed by atoms with Crippen LogP contribution in [0.4, 0.5) is 4.79 Å². The summed E-state index contributed by atoms with van der Waals surface area (Å²) in [5.41, 5.74) is 1.33. The maximum absolute atomic E-state index is 10.1. The first-order chi connectivity index (χ1) is 6.29. The molecule has 1 rings (SSSR count). The van der Waals surface area contributed by atoms with Crippen LogP contribution in [0.5, 0.6) is 0 Å². The van der Waals surface area contributed by atoms with Gasteiger partial charge in [0.2, 0.25) is 0 Å². The largest absolute Gasteiger partial charge is 0.465 e. The number of hydrogen-bond acceptors (Lipinski definition) is 1. The molecule has 2 N–H and O–H groups in total. The molecule has 0 aromatic rings. The van der Waals surface area contributed by atoms with Gasteiger partial charge in [-0.05, 0) is 25.7 Å². The normalized spacial score (nSPS) is 14.1. The van der Waals surface area contributed by atoms with Crippen LogP contribution in [0.1, 0.15) is 25.7 Å². The van der Waals surface area contributed by atoms with E-state index in [1.807, 2.05) is 0 Å². The summed E-state index contributed by atoms with van der Waals surface area (Å²) in [6.45, 7) is 0.542. The van der Waals surface area contributed by atoms with Crippen molar-refractivity contribution in [3.63, 3.8) is 0 Å². The Morgan fingerprint density at radius 1 is 1.50 bits per heavy atom. The molecule has 4 heteroatoms. The summed E-state index contributed by atoms with van der Waals surface area (Å²) < 4.78 is 0. The quantitative estimate of drug-likeness (QED) is 0.770. The molecule has 14 heavy (non-hydrogen) atoms. The molecular formula is C10H15NO2Y. The van der Waals surface area contributed by atoms with E-state index in [9.17, 15) is 4.79 Å². The maximum Gasteiger partial charge on any atom is 0.404 e. The maximum atomic E-state index is 10.1. The number of nitrogens with one attached hydrogen (secondary N) is 1. The van der Waals surface area contributed by atoms with Gasteiger partial charge in [-0.15, -0.1) is 0 Å². The van der Waals surface area contributed by atoms with E-state index in [0.29, 0.717) is 6.54 Å². The van der Waals surface area contributed by atoms with Gasteiger partial charge in [-0.3, -0.25) is 0 Å². The zero-order valence-corrected chi connectivity index (χ0v) is 11.0. The molecule has 0 saturated heterocycles. The summed E-state index contributed by atoms with van der Waals surface area (Å²) in [7, 11) is 0. The van der Waals surface area contributed by atoms with Crippen LogP contribution in [0.15, 0.2) is 23.8 Å². The Hall–Kier alpha value is -0.146. The molecule has 0 unspecified atom stereocenters. The third-order valence-electron chi connectivity index (χ3n) is 1.99. The van der Waals surface area contributed by atoms with Crippen molar-refractivity contribution in [1.29, 1.82) is 0 Å². The van der Waals surface area contributed by atoms with Gasteiger partial charge in [-0.25, -0.2) is 4.79 Å². The van der Waals surface area contributed by atoms with Crippen LogP contribution in [-0.2, 0) is 32.7 Å². The van der Waals surface area contributed by atoms with Gasteiger partial charge in [0.1, 0.15) is 0 Å². The Labute approximate surface area is 110 Å². The molecule has 0 heterocycles. The van der Waals surface area contributed by atoms with Crippen molar-refractivity contribution < 1.29 is 42.6 Å². The van der Waals surface area contributed by atoms with E-state index in [-0.39, 0.29) is 32.7 Å². The summed E-state index contributed by atoms with van der Waals surface area (Å²) in [5, 5.41) is 10.7. The fourth-order valence-electron chi connectivity index (χ4n) is 1.34. The smallest absolute Gasteiger partial charge is 0.404 e. The Balaban J connectivity index is 0.00000169.